The highest BCUT2D eigenvalue weighted by Crippen LogP contribution is 2.65. The highest BCUT2D eigenvalue weighted by atomic mass is 16.4. The minimum absolute atomic E-state index is 0.0805. The smallest absolute Gasteiger partial charge is 0.233 e. The van der Waals surface area contributed by atoms with Crippen LogP contribution in [0.4, 0.5) is 0 Å². The summed E-state index contributed by atoms with van der Waals surface area (Å²) in [5.74, 6) is -6.10. The molecule has 0 heterocycles. The molecule has 2 unspecified atom stereocenters. The maximum atomic E-state index is 14.2. The maximum absolute atomic E-state index is 14.2. The van der Waals surface area contributed by atoms with Crippen LogP contribution in [-0.4, -0.2) is 61.2 Å². The summed E-state index contributed by atoms with van der Waals surface area (Å²) in [6.45, 7) is 16.6. The Balaban J connectivity index is 1.93. The monoisotopic (exact) mass is 543 g/mol. The first-order valence-electron chi connectivity index (χ1n) is 14.1. The molecule has 3 aliphatic carbocycles. The minimum Gasteiger partial charge on any atom is -0.507 e. The SMILES string of the molecule is CC(C)c1ccc(O)c2c1C[C@]1(C)C[C@]3(C)[C@@H](C(C)C)C(O)[C@@H](C(=O)NC(C)(C)C)C(=O)[C@]3(O)C(O)[C@H]1C2=O. The molecule has 216 valence electrons. The van der Waals surface area contributed by atoms with Crippen LogP contribution >= 0.6 is 0 Å². The molecule has 5 N–H and O–H groups in total. The van der Waals surface area contributed by atoms with Gasteiger partial charge in [-0.25, -0.2) is 0 Å². The average Bonchev–Trinajstić information content (AvgIpc) is 2.74. The molecule has 1 aromatic carbocycles. The van der Waals surface area contributed by atoms with Gasteiger partial charge in [-0.15, -0.1) is 0 Å². The molecule has 2 saturated carbocycles. The third-order valence-corrected chi connectivity index (χ3v) is 9.80. The van der Waals surface area contributed by atoms with Crippen LogP contribution < -0.4 is 5.32 Å². The predicted molar refractivity (Wildman–Crippen MR) is 146 cm³/mol. The molecule has 0 spiro atoms. The average molecular weight is 544 g/mol. The number of benzene rings is 1. The van der Waals surface area contributed by atoms with Crippen molar-refractivity contribution in [3.8, 4) is 5.75 Å². The van der Waals surface area contributed by atoms with E-state index in [0.717, 1.165) is 11.1 Å². The fourth-order valence-electron chi connectivity index (χ4n) is 8.52. The molecular formula is C31H45NO7. The van der Waals surface area contributed by atoms with E-state index in [4.69, 9.17) is 0 Å². The normalized spacial score (nSPS) is 38.4. The number of amides is 1. The molecule has 2 fully saturated rings. The summed E-state index contributed by atoms with van der Waals surface area (Å²) in [5.41, 5.74) is -3.61. The van der Waals surface area contributed by atoms with E-state index in [0.29, 0.717) is 6.42 Å². The van der Waals surface area contributed by atoms with Crippen molar-refractivity contribution >= 4 is 17.5 Å². The van der Waals surface area contributed by atoms with E-state index in [1.807, 2.05) is 40.7 Å². The van der Waals surface area contributed by atoms with Gasteiger partial charge in [-0.05, 0) is 74.0 Å². The highest BCUT2D eigenvalue weighted by molar-refractivity contribution is 6.09. The quantitative estimate of drug-likeness (QED) is 0.369. The minimum atomic E-state index is -2.47. The van der Waals surface area contributed by atoms with E-state index in [1.54, 1.807) is 27.7 Å². The van der Waals surface area contributed by atoms with Gasteiger partial charge in [0.15, 0.2) is 17.2 Å². The number of hydrogen-bond donors (Lipinski definition) is 5. The second-order valence-corrected chi connectivity index (χ2v) is 14.5. The van der Waals surface area contributed by atoms with Crippen molar-refractivity contribution in [1.82, 2.24) is 5.32 Å². The van der Waals surface area contributed by atoms with Crippen LogP contribution in [0, 0.1) is 34.5 Å². The summed E-state index contributed by atoms with van der Waals surface area (Å²) in [5, 5.41) is 49.4. The predicted octanol–water partition coefficient (Wildman–Crippen LogP) is 3.13. The zero-order valence-electron chi connectivity index (χ0n) is 24.6. The summed E-state index contributed by atoms with van der Waals surface area (Å²) in [6, 6.07) is 3.29. The number of aliphatic hydroxyl groups is 3. The van der Waals surface area contributed by atoms with Crippen LogP contribution in [0.25, 0.3) is 0 Å². The molecule has 8 atom stereocenters. The number of nitrogens with one attached hydrogen (secondary N) is 1. The molecule has 0 saturated heterocycles. The highest BCUT2D eigenvalue weighted by Gasteiger charge is 2.76. The lowest BCUT2D eigenvalue weighted by Crippen LogP contribution is -2.79. The summed E-state index contributed by atoms with van der Waals surface area (Å²) >= 11 is 0. The number of aliphatic hydroxyl groups excluding tert-OH is 2. The number of aromatic hydroxyl groups is 1. The first-order valence-corrected chi connectivity index (χ1v) is 14.1. The molecular weight excluding hydrogens is 498 g/mol. The lowest BCUT2D eigenvalue weighted by molar-refractivity contribution is -0.265. The second kappa shape index (κ2) is 9.11. The van der Waals surface area contributed by atoms with Crippen molar-refractivity contribution in [3.63, 3.8) is 0 Å². The van der Waals surface area contributed by atoms with Crippen LogP contribution in [0.1, 0.15) is 96.1 Å². The number of fused-ring (bicyclic) bond motifs is 3. The number of phenols is 1. The molecule has 0 bridgehead atoms. The Morgan fingerprint density at radius 1 is 1.08 bits per heavy atom. The fourth-order valence-corrected chi connectivity index (χ4v) is 8.52. The lowest BCUT2D eigenvalue weighted by atomic mass is 9.39. The Kier molecular flexibility index (Phi) is 6.94. The van der Waals surface area contributed by atoms with E-state index in [9.17, 15) is 34.8 Å². The molecule has 0 aromatic heterocycles. The number of ketones is 2. The third-order valence-electron chi connectivity index (χ3n) is 9.80. The van der Waals surface area contributed by atoms with Crippen LogP contribution in [0.5, 0.6) is 5.75 Å². The Labute approximate surface area is 231 Å². The van der Waals surface area contributed by atoms with Gasteiger partial charge in [-0.2, -0.15) is 0 Å². The molecule has 1 amide bonds. The van der Waals surface area contributed by atoms with Gasteiger partial charge >= 0.3 is 0 Å². The molecule has 4 rings (SSSR count). The van der Waals surface area contributed by atoms with Gasteiger partial charge in [0.1, 0.15) is 17.8 Å². The molecule has 1 aromatic rings. The van der Waals surface area contributed by atoms with Crippen LogP contribution in [-0.2, 0) is 16.0 Å². The van der Waals surface area contributed by atoms with Gasteiger partial charge in [-0.1, -0.05) is 47.6 Å². The molecule has 8 nitrogen and oxygen atoms in total. The van der Waals surface area contributed by atoms with Gasteiger partial charge in [0.05, 0.1) is 17.6 Å². The van der Waals surface area contributed by atoms with Crippen LogP contribution in [0.3, 0.4) is 0 Å². The van der Waals surface area contributed by atoms with E-state index in [-0.39, 0.29) is 29.6 Å². The number of carbonyl (C=O) groups excluding carboxylic acids is 3. The van der Waals surface area contributed by atoms with Crippen LogP contribution in [0.15, 0.2) is 12.1 Å². The second-order valence-electron chi connectivity index (χ2n) is 14.5. The molecule has 8 heteroatoms. The van der Waals surface area contributed by atoms with E-state index < -0.39 is 69.4 Å². The number of hydrogen-bond acceptors (Lipinski definition) is 7. The van der Waals surface area contributed by atoms with Crippen LogP contribution in [0.2, 0.25) is 0 Å². The van der Waals surface area contributed by atoms with Crippen molar-refractivity contribution in [3.05, 3.63) is 28.8 Å². The van der Waals surface area contributed by atoms with Gasteiger partial charge in [0, 0.05) is 11.0 Å². The topological polar surface area (TPSA) is 144 Å². The van der Waals surface area contributed by atoms with Gasteiger partial charge in [0.25, 0.3) is 0 Å². The number of Topliss-reactive ketones (excluding diaryl/α,β-unsaturated/α-hetero) is 2. The van der Waals surface area contributed by atoms with Gasteiger partial charge in [-0.3, -0.25) is 14.4 Å². The number of rotatable bonds is 3. The first kappa shape index (κ1) is 29.7. The Bertz CT molecular complexity index is 1220. The Hall–Kier alpha value is -2.29. The molecule has 39 heavy (non-hydrogen) atoms. The molecule has 3 aliphatic rings. The number of carbonyl (C=O) groups is 3. The number of phenolic OH excluding ortho intramolecular Hbond substituents is 1. The zero-order chi connectivity index (χ0) is 29.6. The molecule has 0 aliphatic heterocycles. The van der Waals surface area contributed by atoms with E-state index in [1.165, 1.54) is 6.07 Å². The van der Waals surface area contributed by atoms with E-state index >= 15 is 0 Å². The fraction of sp³-hybridized carbons (Fsp3) is 0.710. The van der Waals surface area contributed by atoms with Crippen molar-refractivity contribution < 1.29 is 34.8 Å². The Morgan fingerprint density at radius 3 is 2.18 bits per heavy atom. The zero-order valence-corrected chi connectivity index (χ0v) is 24.6. The summed E-state index contributed by atoms with van der Waals surface area (Å²) in [4.78, 5) is 41.6. The standard InChI is InChI=1S/C31H45NO7/c1-14(2)16-10-11-18(33)19-17(16)12-29(8)13-30(9)21(15(3)4)24(35)20(27(38)32-28(5,6)7)25(36)31(30,39)26(37)22(29)23(19)34/h10-11,14-15,20-22,24,26,33,35,37,39H,12-13H2,1-9H3,(H,32,38)/t20-,21+,22-,24?,26?,29-,30-,31+/m1/s1. The summed E-state index contributed by atoms with van der Waals surface area (Å²) in [6.07, 6.45) is -2.71. The van der Waals surface area contributed by atoms with E-state index in [2.05, 4.69) is 5.32 Å². The van der Waals surface area contributed by atoms with Crippen molar-refractivity contribution in [1.29, 1.82) is 0 Å². The van der Waals surface area contributed by atoms with Crippen molar-refractivity contribution in [2.75, 3.05) is 0 Å². The van der Waals surface area contributed by atoms with Gasteiger partial charge in [0.2, 0.25) is 5.91 Å². The summed E-state index contributed by atoms with van der Waals surface area (Å²) in [7, 11) is 0. The van der Waals surface area contributed by atoms with Gasteiger partial charge < -0.3 is 25.7 Å². The summed E-state index contributed by atoms with van der Waals surface area (Å²) < 4.78 is 0. The maximum Gasteiger partial charge on any atom is 0.233 e. The Morgan fingerprint density at radius 2 is 1.67 bits per heavy atom. The van der Waals surface area contributed by atoms with Crippen molar-refractivity contribution in [2.24, 2.45) is 34.5 Å². The third kappa shape index (κ3) is 4.08. The lowest BCUT2D eigenvalue weighted by Gasteiger charge is -2.66. The first-order chi connectivity index (χ1) is 17.7. The largest absolute Gasteiger partial charge is 0.507 e. The molecule has 0 radical (unpaired) electrons. The van der Waals surface area contributed by atoms with Crippen molar-refractivity contribution in [2.45, 2.75) is 104 Å².